The maximum absolute atomic E-state index is 11.8. The number of urea groups is 1. The lowest BCUT2D eigenvalue weighted by Crippen LogP contribution is -2.35. The van der Waals surface area contributed by atoms with E-state index in [0.717, 1.165) is 12.1 Å². The SMILES string of the molecule is CCCC(O)CNC(=O)Nc1cc(C2CCC2)nn1C. The fourth-order valence-electron chi connectivity index (χ4n) is 2.32. The number of carbonyl (C=O) groups excluding carboxylic acids is 1. The molecule has 0 aliphatic heterocycles. The number of anilines is 1. The number of aliphatic hydroxyl groups excluding tert-OH is 1. The van der Waals surface area contributed by atoms with Crippen molar-refractivity contribution < 1.29 is 9.90 Å². The first-order valence-corrected chi connectivity index (χ1v) is 7.37. The predicted molar refractivity (Wildman–Crippen MR) is 77.7 cm³/mol. The molecule has 0 bridgehead atoms. The molecule has 1 fully saturated rings. The molecule has 2 rings (SSSR count). The molecule has 1 aliphatic carbocycles. The summed E-state index contributed by atoms with van der Waals surface area (Å²) in [5.41, 5.74) is 1.06. The molecule has 1 saturated carbocycles. The molecular formula is C14H24N4O2. The van der Waals surface area contributed by atoms with Gasteiger partial charge in [-0.2, -0.15) is 5.10 Å². The Labute approximate surface area is 119 Å². The van der Waals surface area contributed by atoms with Gasteiger partial charge in [0.15, 0.2) is 0 Å². The minimum absolute atomic E-state index is 0.271. The van der Waals surface area contributed by atoms with Gasteiger partial charge in [0.25, 0.3) is 0 Å². The lowest BCUT2D eigenvalue weighted by atomic mass is 9.83. The molecule has 1 aromatic heterocycles. The van der Waals surface area contributed by atoms with E-state index in [9.17, 15) is 9.90 Å². The number of amides is 2. The molecular weight excluding hydrogens is 256 g/mol. The van der Waals surface area contributed by atoms with E-state index >= 15 is 0 Å². The lowest BCUT2D eigenvalue weighted by Gasteiger charge is -2.22. The summed E-state index contributed by atoms with van der Waals surface area (Å²) in [4.78, 5) is 11.8. The molecule has 0 spiro atoms. The Hall–Kier alpha value is -1.56. The summed E-state index contributed by atoms with van der Waals surface area (Å²) in [6.45, 7) is 2.27. The average molecular weight is 280 g/mol. The first-order valence-electron chi connectivity index (χ1n) is 7.37. The van der Waals surface area contributed by atoms with Crippen molar-refractivity contribution in [3.8, 4) is 0 Å². The number of nitrogens with one attached hydrogen (secondary N) is 2. The number of aliphatic hydroxyl groups is 1. The highest BCUT2D eigenvalue weighted by Gasteiger charge is 2.23. The van der Waals surface area contributed by atoms with Crippen LogP contribution in [0.4, 0.5) is 10.6 Å². The topological polar surface area (TPSA) is 79.2 Å². The molecule has 112 valence electrons. The Morgan fingerprint density at radius 1 is 1.60 bits per heavy atom. The second kappa shape index (κ2) is 6.74. The third-order valence-electron chi connectivity index (χ3n) is 3.78. The zero-order valence-corrected chi connectivity index (χ0v) is 12.2. The fraction of sp³-hybridized carbons (Fsp3) is 0.714. The first-order chi connectivity index (χ1) is 9.60. The van der Waals surface area contributed by atoms with Crippen LogP contribution in [0.25, 0.3) is 0 Å². The highest BCUT2D eigenvalue weighted by Crippen LogP contribution is 2.36. The summed E-state index contributed by atoms with van der Waals surface area (Å²) in [5, 5.41) is 19.4. The molecule has 0 saturated heterocycles. The van der Waals surface area contributed by atoms with Crippen molar-refractivity contribution in [2.75, 3.05) is 11.9 Å². The highest BCUT2D eigenvalue weighted by atomic mass is 16.3. The lowest BCUT2D eigenvalue weighted by molar-refractivity contribution is 0.162. The van der Waals surface area contributed by atoms with Crippen LogP contribution in [0.3, 0.4) is 0 Å². The number of hydrogen-bond acceptors (Lipinski definition) is 3. The minimum atomic E-state index is -0.483. The van der Waals surface area contributed by atoms with E-state index in [-0.39, 0.29) is 12.6 Å². The van der Waals surface area contributed by atoms with Crippen LogP contribution in [0.15, 0.2) is 6.07 Å². The van der Waals surface area contributed by atoms with Crippen molar-refractivity contribution >= 4 is 11.8 Å². The summed E-state index contributed by atoms with van der Waals surface area (Å²) in [6.07, 6.45) is 4.74. The average Bonchev–Trinajstić information content (AvgIpc) is 2.66. The van der Waals surface area contributed by atoms with Crippen LogP contribution in [-0.4, -0.2) is 33.6 Å². The molecule has 1 aliphatic rings. The van der Waals surface area contributed by atoms with Crippen molar-refractivity contribution in [2.24, 2.45) is 7.05 Å². The van der Waals surface area contributed by atoms with Crippen molar-refractivity contribution in [1.29, 1.82) is 0 Å². The minimum Gasteiger partial charge on any atom is -0.391 e. The third kappa shape index (κ3) is 3.72. The van der Waals surface area contributed by atoms with Gasteiger partial charge in [-0.3, -0.25) is 10.00 Å². The zero-order valence-electron chi connectivity index (χ0n) is 12.2. The number of aromatic nitrogens is 2. The van der Waals surface area contributed by atoms with E-state index in [2.05, 4.69) is 15.7 Å². The number of nitrogens with zero attached hydrogens (tertiary/aromatic N) is 2. The number of carbonyl (C=O) groups is 1. The van der Waals surface area contributed by atoms with Crippen LogP contribution in [0.5, 0.6) is 0 Å². The van der Waals surface area contributed by atoms with Crippen LogP contribution in [0, 0.1) is 0 Å². The Bertz CT molecular complexity index is 454. The second-order valence-corrected chi connectivity index (χ2v) is 5.48. The van der Waals surface area contributed by atoms with Crippen molar-refractivity contribution in [3.63, 3.8) is 0 Å². The van der Waals surface area contributed by atoms with Gasteiger partial charge in [0.2, 0.25) is 0 Å². The van der Waals surface area contributed by atoms with Crippen molar-refractivity contribution in [2.45, 2.75) is 51.0 Å². The van der Waals surface area contributed by atoms with Crippen molar-refractivity contribution in [1.82, 2.24) is 15.1 Å². The molecule has 20 heavy (non-hydrogen) atoms. The Morgan fingerprint density at radius 3 is 2.95 bits per heavy atom. The fourth-order valence-corrected chi connectivity index (χ4v) is 2.32. The van der Waals surface area contributed by atoms with Crippen LogP contribution in [0.1, 0.15) is 50.6 Å². The molecule has 6 nitrogen and oxygen atoms in total. The van der Waals surface area contributed by atoms with E-state index < -0.39 is 6.10 Å². The molecule has 2 amide bonds. The maximum Gasteiger partial charge on any atom is 0.320 e. The van der Waals surface area contributed by atoms with E-state index in [0.29, 0.717) is 18.2 Å². The first kappa shape index (κ1) is 14.8. The van der Waals surface area contributed by atoms with Crippen LogP contribution >= 0.6 is 0 Å². The van der Waals surface area contributed by atoms with Gasteiger partial charge in [0, 0.05) is 25.6 Å². The van der Waals surface area contributed by atoms with Gasteiger partial charge in [-0.1, -0.05) is 19.8 Å². The summed E-state index contributed by atoms with van der Waals surface area (Å²) in [6, 6.07) is 1.63. The quantitative estimate of drug-likeness (QED) is 0.745. The maximum atomic E-state index is 11.8. The van der Waals surface area contributed by atoms with Crippen molar-refractivity contribution in [3.05, 3.63) is 11.8 Å². The standard InChI is InChI=1S/C14H24N4O2/c1-3-5-11(19)9-15-14(20)16-13-8-12(17-18(13)2)10-6-4-7-10/h8,10-11,19H,3-7,9H2,1-2H3,(H2,15,16,20). The van der Waals surface area contributed by atoms with Crippen LogP contribution in [0.2, 0.25) is 0 Å². The molecule has 6 heteroatoms. The summed E-state index contributed by atoms with van der Waals surface area (Å²) >= 11 is 0. The van der Waals surface area contributed by atoms with E-state index in [1.54, 1.807) is 4.68 Å². The Balaban J connectivity index is 1.83. The van der Waals surface area contributed by atoms with E-state index in [1.807, 2.05) is 20.0 Å². The van der Waals surface area contributed by atoms with Crippen LogP contribution < -0.4 is 10.6 Å². The second-order valence-electron chi connectivity index (χ2n) is 5.48. The largest absolute Gasteiger partial charge is 0.391 e. The number of aryl methyl sites for hydroxylation is 1. The van der Waals surface area contributed by atoms with Gasteiger partial charge < -0.3 is 10.4 Å². The van der Waals surface area contributed by atoms with Crippen LogP contribution in [-0.2, 0) is 7.05 Å². The van der Waals surface area contributed by atoms with E-state index in [1.165, 1.54) is 19.3 Å². The normalized spacial score (nSPS) is 16.6. The monoisotopic (exact) mass is 280 g/mol. The highest BCUT2D eigenvalue weighted by molar-refractivity contribution is 5.88. The predicted octanol–water partition coefficient (Wildman–Crippen LogP) is 1.97. The molecule has 1 heterocycles. The molecule has 1 unspecified atom stereocenters. The van der Waals surface area contributed by atoms with Gasteiger partial charge in [0.1, 0.15) is 5.82 Å². The van der Waals surface area contributed by atoms with Gasteiger partial charge in [0.05, 0.1) is 11.8 Å². The third-order valence-corrected chi connectivity index (χ3v) is 3.78. The molecule has 1 aromatic rings. The summed E-state index contributed by atoms with van der Waals surface area (Å²) < 4.78 is 1.69. The Morgan fingerprint density at radius 2 is 2.35 bits per heavy atom. The summed E-state index contributed by atoms with van der Waals surface area (Å²) in [7, 11) is 1.82. The molecule has 1 atom stereocenters. The zero-order chi connectivity index (χ0) is 14.5. The molecule has 3 N–H and O–H groups in total. The number of hydrogen-bond donors (Lipinski definition) is 3. The summed E-state index contributed by atoms with van der Waals surface area (Å²) in [5.74, 6) is 1.24. The molecule has 0 aromatic carbocycles. The smallest absolute Gasteiger partial charge is 0.320 e. The number of rotatable bonds is 6. The van der Waals surface area contributed by atoms with Gasteiger partial charge in [-0.15, -0.1) is 0 Å². The van der Waals surface area contributed by atoms with Gasteiger partial charge in [-0.25, -0.2) is 4.79 Å². The van der Waals surface area contributed by atoms with Gasteiger partial charge in [-0.05, 0) is 19.3 Å². The molecule has 0 radical (unpaired) electrons. The van der Waals surface area contributed by atoms with Gasteiger partial charge >= 0.3 is 6.03 Å². The van der Waals surface area contributed by atoms with E-state index in [4.69, 9.17) is 0 Å². The Kier molecular flexibility index (Phi) is 5.00.